The largest absolute Gasteiger partial charge is 0.0622 e. The molecule has 0 aliphatic carbocycles. The molecule has 8 aromatic rings. The van der Waals surface area contributed by atoms with Crippen LogP contribution in [0.1, 0.15) is 27.8 Å². The van der Waals surface area contributed by atoms with Crippen LogP contribution >= 0.6 is 0 Å². The number of benzene rings is 8. The van der Waals surface area contributed by atoms with Crippen molar-refractivity contribution in [1.29, 1.82) is 0 Å². The van der Waals surface area contributed by atoms with Crippen LogP contribution in [0.3, 0.4) is 0 Å². The second-order valence-electron chi connectivity index (χ2n) is 11.4. The van der Waals surface area contributed by atoms with Gasteiger partial charge in [-0.05, 0) is 82.9 Å². The standard InChI is InChI=1S/C44H30/c1-3-8-35(9-4-1)42(36-10-5-2-6-11-36)30-32-17-21-34(22-18-32)33-19-14-31(15-20-33)16-23-37-24-25-40-27-26-38-12-7-13-39-28-29-41(37)44(40)43(38)39/h1-30H/b23-16+. The zero-order valence-corrected chi connectivity index (χ0v) is 24.3. The molecule has 0 amide bonds. The minimum Gasteiger partial charge on any atom is -0.0622 e. The van der Waals surface area contributed by atoms with E-state index in [2.05, 4.69) is 182 Å². The highest BCUT2D eigenvalue weighted by Crippen LogP contribution is 2.36. The topological polar surface area (TPSA) is 0 Å². The van der Waals surface area contributed by atoms with Crippen LogP contribution in [0.15, 0.2) is 164 Å². The maximum absolute atomic E-state index is 2.28. The van der Waals surface area contributed by atoms with Crippen molar-refractivity contribution in [2.45, 2.75) is 0 Å². The van der Waals surface area contributed by atoms with Crippen molar-refractivity contribution in [3.63, 3.8) is 0 Å². The second kappa shape index (κ2) is 11.2. The normalized spacial score (nSPS) is 11.5. The van der Waals surface area contributed by atoms with E-state index >= 15 is 0 Å². The maximum Gasteiger partial charge on any atom is -0.00208 e. The lowest BCUT2D eigenvalue weighted by molar-refractivity contribution is 1.55. The molecule has 0 bridgehead atoms. The van der Waals surface area contributed by atoms with Gasteiger partial charge in [0.15, 0.2) is 0 Å². The van der Waals surface area contributed by atoms with Gasteiger partial charge in [0, 0.05) is 0 Å². The molecule has 0 saturated carbocycles. The first kappa shape index (κ1) is 25.9. The van der Waals surface area contributed by atoms with Gasteiger partial charge in [-0.25, -0.2) is 0 Å². The van der Waals surface area contributed by atoms with E-state index in [0.717, 1.165) is 0 Å². The Morgan fingerprint density at radius 1 is 0.364 bits per heavy atom. The molecule has 0 saturated heterocycles. The van der Waals surface area contributed by atoms with E-state index in [-0.39, 0.29) is 0 Å². The molecule has 0 radical (unpaired) electrons. The van der Waals surface area contributed by atoms with Crippen LogP contribution in [-0.2, 0) is 0 Å². The van der Waals surface area contributed by atoms with Gasteiger partial charge in [0.1, 0.15) is 0 Å². The smallest absolute Gasteiger partial charge is 0.00208 e. The Hall–Kier alpha value is -5.72. The summed E-state index contributed by atoms with van der Waals surface area (Å²) in [6.45, 7) is 0. The summed E-state index contributed by atoms with van der Waals surface area (Å²) in [5.74, 6) is 0. The van der Waals surface area contributed by atoms with E-state index in [4.69, 9.17) is 0 Å². The highest BCUT2D eigenvalue weighted by Gasteiger charge is 2.10. The Morgan fingerprint density at radius 2 is 0.886 bits per heavy atom. The highest BCUT2D eigenvalue weighted by atomic mass is 14.1. The average molecular weight is 559 g/mol. The summed E-state index contributed by atoms with van der Waals surface area (Å²) >= 11 is 0. The fourth-order valence-electron chi connectivity index (χ4n) is 6.38. The van der Waals surface area contributed by atoms with E-state index in [1.54, 1.807) is 0 Å². The van der Waals surface area contributed by atoms with Crippen LogP contribution in [0.4, 0.5) is 0 Å². The average Bonchev–Trinajstić information content (AvgIpc) is 3.10. The summed E-state index contributed by atoms with van der Waals surface area (Å²) in [5.41, 5.74) is 9.70. The molecule has 8 aromatic carbocycles. The van der Waals surface area contributed by atoms with Gasteiger partial charge in [0.25, 0.3) is 0 Å². The van der Waals surface area contributed by atoms with Gasteiger partial charge in [0.2, 0.25) is 0 Å². The molecule has 0 heteroatoms. The minimum atomic E-state index is 1.18. The van der Waals surface area contributed by atoms with E-state index in [9.17, 15) is 0 Å². The predicted molar refractivity (Wildman–Crippen MR) is 191 cm³/mol. The molecule has 44 heavy (non-hydrogen) atoms. The first-order valence-electron chi connectivity index (χ1n) is 15.2. The first-order chi connectivity index (χ1) is 21.8. The van der Waals surface area contributed by atoms with Gasteiger partial charge in [-0.1, -0.05) is 176 Å². The third kappa shape index (κ3) is 4.87. The molecule has 0 nitrogen and oxygen atoms in total. The predicted octanol–water partition coefficient (Wildman–Crippen LogP) is 12.0. The van der Waals surface area contributed by atoms with E-state index in [0.29, 0.717) is 0 Å². The summed E-state index contributed by atoms with van der Waals surface area (Å²) in [7, 11) is 0. The van der Waals surface area contributed by atoms with Crippen molar-refractivity contribution in [1.82, 2.24) is 0 Å². The summed E-state index contributed by atoms with van der Waals surface area (Å²) in [6.07, 6.45) is 6.75. The molecule has 0 N–H and O–H groups in total. The van der Waals surface area contributed by atoms with Crippen LogP contribution < -0.4 is 0 Å². The fraction of sp³-hybridized carbons (Fsp3) is 0. The van der Waals surface area contributed by atoms with Gasteiger partial charge in [0.05, 0.1) is 0 Å². The molecular formula is C44H30. The molecule has 0 aliphatic rings. The Kier molecular flexibility index (Phi) is 6.59. The Bertz CT molecular complexity index is 2210. The SMILES string of the molecule is C(=C(c1ccccc1)c1ccccc1)c1ccc(-c2ccc(/C=C/c3ccc4ccc5cccc6ccc3c4c56)cc2)cc1. The minimum absolute atomic E-state index is 1.18. The quantitative estimate of drug-likeness (QED) is 0.141. The van der Waals surface area contributed by atoms with Crippen molar-refractivity contribution < 1.29 is 0 Å². The van der Waals surface area contributed by atoms with Crippen molar-refractivity contribution in [2.75, 3.05) is 0 Å². The van der Waals surface area contributed by atoms with E-state index < -0.39 is 0 Å². The summed E-state index contributed by atoms with van der Waals surface area (Å²) in [5, 5.41) is 7.92. The third-order valence-corrected chi connectivity index (χ3v) is 8.65. The monoisotopic (exact) mass is 558 g/mol. The zero-order chi connectivity index (χ0) is 29.3. The fourth-order valence-corrected chi connectivity index (χ4v) is 6.38. The molecular weight excluding hydrogens is 528 g/mol. The zero-order valence-electron chi connectivity index (χ0n) is 24.3. The van der Waals surface area contributed by atoms with Crippen molar-refractivity contribution in [3.8, 4) is 11.1 Å². The summed E-state index contributed by atoms with van der Waals surface area (Å²) < 4.78 is 0. The van der Waals surface area contributed by atoms with Crippen LogP contribution in [0, 0.1) is 0 Å². The second-order valence-corrected chi connectivity index (χ2v) is 11.4. The lowest BCUT2D eigenvalue weighted by Crippen LogP contribution is -1.88. The molecule has 0 fully saturated rings. The molecule has 0 aromatic heterocycles. The third-order valence-electron chi connectivity index (χ3n) is 8.65. The molecule has 206 valence electrons. The lowest BCUT2D eigenvalue weighted by atomic mass is 9.92. The Labute approximate surface area is 258 Å². The highest BCUT2D eigenvalue weighted by molar-refractivity contribution is 6.24. The van der Waals surface area contributed by atoms with E-state index in [1.165, 1.54) is 76.8 Å². The Balaban J connectivity index is 1.06. The van der Waals surface area contributed by atoms with Gasteiger partial charge in [-0.2, -0.15) is 0 Å². The maximum atomic E-state index is 2.28. The first-order valence-corrected chi connectivity index (χ1v) is 15.2. The van der Waals surface area contributed by atoms with Gasteiger partial charge < -0.3 is 0 Å². The van der Waals surface area contributed by atoms with Crippen molar-refractivity contribution in [2.24, 2.45) is 0 Å². The summed E-state index contributed by atoms with van der Waals surface area (Å²) in [4.78, 5) is 0. The summed E-state index contributed by atoms with van der Waals surface area (Å²) in [6, 6.07) is 59.0. The van der Waals surface area contributed by atoms with Gasteiger partial charge in [-0.15, -0.1) is 0 Å². The lowest BCUT2D eigenvalue weighted by Gasteiger charge is -2.12. The van der Waals surface area contributed by atoms with Crippen LogP contribution in [0.2, 0.25) is 0 Å². The molecule has 0 unspecified atom stereocenters. The number of hydrogen-bond acceptors (Lipinski definition) is 0. The van der Waals surface area contributed by atoms with Crippen molar-refractivity contribution >= 4 is 56.1 Å². The molecule has 0 atom stereocenters. The van der Waals surface area contributed by atoms with Crippen molar-refractivity contribution in [3.05, 3.63) is 192 Å². The molecule has 0 heterocycles. The van der Waals surface area contributed by atoms with E-state index in [1.807, 2.05) is 0 Å². The molecule has 0 spiro atoms. The Morgan fingerprint density at radius 3 is 1.50 bits per heavy atom. The molecule has 0 aliphatic heterocycles. The van der Waals surface area contributed by atoms with Gasteiger partial charge >= 0.3 is 0 Å². The number of rotatable bonds is 6. The van der Waals surface area contributed by atoms with Crippen LogP contribution in [0.25, 0.3) is 67.2 Å². The molecule has 8 rings (SSSR count). The van der Waals surface area contributed by atoms with Crippen LogP contribution in [-0.4, -0.2) is 0 Å². The van der Waals surface area contributed by atoms with Gasteiger partial charge in [-0.3, -0.25) is 0 Å². The van der Waals surface area contributed by atoms with Crippen LogP contribution in [0.5, 0.6) is 0 Å². The number of hydrogen-bond donors (Lipinski definition) is 0.